The van der Waals surface area contributed by atoms with Crippen LogP contribution in [0.3, 0.4) is 0 Å². The first-order valence-corrected chi connectivity index (χ1v) is 8.03. The Labute approximate surface area is 148 Å². The number of nitrogens with two attached hydrogens (primary N) is 1. The lowest BCUT2D eigenvalue weighted by Gasteiger charge is -2.06. The Hall–Kier alpha value is -3.61. The number of ether oxygens (including phenoxy) is 1. The fourth-order valence-electron chi connectivity index (χ4n) is 2.52. The van der Waals surface area contributed by atoms with E-state index in [2.05, 4.69) is 20.3 Å². The van der Waals surface area contributed by atoms with E-state index in [4.69, 9.17) is 10.5 Å². The summed E-state index contributed by atoms with van der Waals surface area (Å²) in [7, 11) is 0. The first kappa shape index (κ1) is 15.9. The lowest BCUT2D eigenvalue weighted by Crippen LogP contribution is -2.00. The summed E-state index contributed by atoms with van der Waals surface area (Å²) in [4.78, 5) is 11.5. The number of imidazole rings is 1. The summed E-state index contributed by atoms with van der Waals surface area (Å²) in [5, 5.41) is 3.24. The van der Waals surface area contributed by atoms with Gasteiger partial charge in [-0.2, -0.15) is 0 Å². The van der Waals surface area contributed by atoms with E-state index in [1.807, 2.05) is 42.5 Å². The van der Waals surface area contributed by atoms with Crippen LogP contribution < -0.4 is 15.8 Å². The number of hydrogen-bond acceptors (Lipinski definition) is 5. The molecule has 0 aliphatic heterocycles. The molecule has 7 heteroatoms. The van der Waals surface area contributed by atoms with Crippen LogP contribution in [0, 0.1) is 5.82 Å². The van der Waals surface area contributed by atoms with Gasteiger partial charge >= 0.3 is 0 Å². The summed E-state index contributed by atoms with van der Waals surface area (Å²) >= 11 is 0. The number of halogens is 1. The minimum absolute atomic E-state index is 0.346. The molecule has 0 aliphatic carbocycles. The highest BCUT2D eigenvalue weighted by atomic mass is 19.1. The molecule has 0 aliphatic rings. The number of fused-ring (bicyclic) bond motifs is 1. The lowest BCUT2D eigenvalue weighted by atomic mass is 10.2. The van der Waals surface area contributed by atoms with Gasteiger partial charge in [0.25, 0.3) is 0 Å². The van der Waals surface area contributed by atoms with Gasteiger partial charge in [-0.05, 0) is 42.0 Å². The van der Waals surface area contributed by atoms with Crippen LogP contribution in [0.1, 0.15) is 5.56 Å². The Morgan fingerprint density at radius 2 is 1.92 bits per heavy atom. The summed E-state index contributed by atoms with van der Waals surface area (Å²) in [6, 6.07) is 15.9. The van der Waals surface area contributed by atoms with E-state index < -0.39 is 5.82 Å². The molecule has 2 aromatic heterocycles. The monoisotopic (exact) mass is 349 g/mol. The van der Waals surface area contributed by atoms with Gasteiger partial charge in [0.15, 0.2) is 0 Å². The molecule has 0 atom stereocenters. The van der Waals surface area contributed by atoms with E-state index in [0.717, 1.165) is 22.8 Å². The van der Waals surface area contributed by atoms with Crippen LogP contribution in [0.2, 0.25) is 0 Å². The van der Waals surface area contributed by atoms with Gasteiger partial charge in [0.2, 0.25) is 11.8 Å². The number of pyridine rings is 1. The first-order chi connectivity index (χ1) is 12.7. The van der Waals surface area contributed by atoms with Gasteiger partial charge < -0.3 is 20.8 Å². The standard InChI is InChI=1S/C19H16FN5O/c20-13-3-8-18(22-11-13)26-15-5-1-12(2-6-15)10-23-19-24-16-7-4-14(21)9-17(16)25-19/h1-9,11H,10,21H2,(H2,23,24,25). The van der Waals surface area contributed by atoms with Crippen molar-refractivity contribution in [1.29, 1.82) is 0 Å². The number of H-pyrrole nitrogens is 1. The smallest absolute Gasteiger partial charge is 0.219 e. The van der Waals surface area contributed by atoms with Crippen molar-refractivity contribution in [3.05, 3.63) is 72.2 Å². The van der Waals surface area contributed by atoms with E-state index in [1.54, 1.807) is 0 Å². The molecule has 0 radical (unpaired) electrons. The molecule has 0 bridgehead atoms. The minimum Gasteiger partial charge on any atom is -0.439 e. The van der Waals surface area contributed by atoms with E-state index in [0.29, 0.717) is 29.8 Å². The highest BCUT2D eigenvalue weighted by molar-refractivity contribution is 5.80. The molecular weight excluding hydrogens is 333 g/mol. The van der Waals surface area contributed by atoms with E-state index in [9.17, 15) is 4.39 Å². The molecule has 0 amide bonds. The summed E-state index contributed by atoms with van der Waals surface area (Å²) in [6.07, 6.45) is 1.12. The van der Waals surface area contributed by atoms with E-state index in [-0.39, 0.29) is 0 Å². The van der Waals surface area contributed by atoms with Crippen molar-refractivity contribution >= 4 is 22.7 Å². The van der Waals surface area contributed by atoms with Gasteiger partial charge in [-0.1, -0.05) is 12.1 Å². The van der Waals surface area contributed by atoms with Gasteiger partial charge in [0.1, 0.15) is 11.6 Å². The Balaban J connectivity index is 1.39. The maximum Gasteiger partial charge on any atom is 0.219 e. The van der Waals surface area contributed by atoms with Crippen LogP contribution in [0.15, 0.2) is 60.8 Å². The van der Waals surface area contributed by atoms with Crippen molar-refractivity contribution in [2.75, 3.05) is 11.1 Å². The summed E-state index contributed by atoms with van der Waals surface area (Å²) in [5.41, 5.74) is 9.28. The molecule has 0 saturated heterocycles. The van der Waals surface area contributed by atoms with Crippen LogP contribution in [-0.2, 0) is 6.54 Å². The predicted octanol–water partition coefficient (Wildman–Crippen LogP) is 4.08. The van der Waals surface area contributed by atoms with Crippen molar-refractivity contribution in [1.82, 2.24) is 15.0 Å². The molecule has 0 fully saturated rings. The zero-order chi connectivity index (χ0) is 17.9. The molecule has 26 heavy (non-hydrogen) atoms. The molecule has 4 rings (SSSR count). The maximum atomic E-state index is 12.9. The zero-order valence-electron chi connectivity index (χ0n) is 13.7. The second-order valence-corrected chi connectivity index (χ2v) is 5.78. The molecule has 2 heterocycles. The Morgan fingerprint density at radius 1 is 1.08 bits per heavy atom. The molecule has 4 aromatic rings. The van der Waals surface area contributed by atoms with Crippen molar-refractivity contribution in [3.8, 4) is 11.6 Å². The Kier molecular flexibility index (Phi) is 4.10. The predicted molar refractivity (Wildman–Crippen MR) is 98.5 cm³/mol. The Morgan fingerprint density at radius 3 is 2.69 bits per heavy atom. The third kappa shape index (κ3) is 3.56. The molecule has 0 spiro atoms. The molecule has 130 valence electrons. The number of rotatable bonds is 5. The second-order valence-electron chi connectivity index (χ2n) is 5.78. The van der Waals surface area contributed by atoms with E-state index in [1.165, 1.54) is 12.1 Å². The second kappa shape index (κ2) is 6.72. The Bertz CT molecular complexity index is 1030. The maximum absolute atomic E-state index is 12.9. The number of benzene rings is 2. The van der Waals surface area contributed by atoms with Crippen LogP contribution in [0.5, 0.6) is 11.6 Å². The molecule has 0 unspecified atom stereocenters. The average Bonchev–Trinajstić information content (AvgIpc) is 3.05. The summed E-state index contributed by atoms with van der Waals surface area (Å²) < 4.78 is 18.4. The van der Waals surface area contributed by atoms with Crippen LogP contribution >= 0.6 is 0 Å². The van der Waals surface area contributed by atoms with Crippen molar-refractivity contribution in [3.63, 3.8) is 0 Å². The number of nitrogens with one attached hydrogen (secondary N) is 2. The number of anilines is 2. The van der Waals surface area contributed by atoms with Crippen molar-refractivity contribution in [2.45, 2.75) is 6.54 Å². The highest BCUT2D eigenvalue weighted by Crippen LogP contribution is 2.21. The van der Waals surface area contributed by atoms with E-state index >= 15 is 0 Å². The summed E-state index contributed by atoms with van der Waals surface area (Å²) in [6.45, 7) is 0.602. The molecule has 0 saturated carbocycles. The summed E-state index contributed by atoms with van der Waals surface area (Å²) in [5.74, 6) is 1.26. The van der Waals surface area contributed by atoms with Gasteiger partial charge in [0, 0.05) is 18.3 Å². The van der Waals surface area contributed by atoms with Crippen molar-refractivity contribution in [2.24, 2.45) is 0 Å². The van der Waals surface area contributed by atoms with Gasteiger partial charge in [0.05, 0.1) is 17.2 Å². The molecule has 6 nitrogen and oxygen atoms in total. The molecule has 2 aromatic carbocycles. The lowest BCUT2D eigenvalue weighted by molar-refractivity contribution is 0.459. The fourth-order valence-corrected chi connectivity index (χ4v) is 2.52. The number of nitrogens with zero attached hydrogens (tertiary/aromatic N) is 2. The highest BCUT2D eigenvalue weighted by Gasteiger charge is 2.04. The van der Waals surface area contributed by atoms with Gasteiger partial charge in [-0.15, -0.1) is 0 Å². The molecule has 4 N–H and O–H groups in total. The number of aromatic nitrogens is 3. The van der Waals surface area contributed by atoms with Gasteiger partial charge in [-0.3, -0.25) is 0 Å². The average molecular weight is 349 g/mol. The first-order valence-electron chi connectivity index (χ1n) is 8.03. The van der Waals surface area contributed by atoms with Crippen molar-refractivity contribution < 1.29 is 9.13 Å². The van der Waals surface area contributed by atoms with Crippen LogP contribution in [-0.4, -0.2) is 15.0 Å². The fraction of sp³-hybridized carbons (Fsp3) is 0.0526. The minimum atomic E-state index is -0.396. The SMILES string of the molecule is Nc1ccc2nc(NCc3ccc(Oc4ccc(F)cn4)cc3)[nH]c2c1. The quantitative estimate of drug-likeness (QED) is 0.472. The number of aromatic amines is 1. The number of hydrogen-bond donors (Lipinski definition) is 3. The van der Waals surface area contributed by atoms with Crippen LogP contribution in [0.25, 0.3) is 11.0 Å². The third-order valence-corrected chi connectivity index (χ3v) is 3.81. The number of nitrogen functional groups attached to an aromatic ring is 1. The topological polar surface area (TPSA) is 88.8 Å². The largest absolute Gasteiger partial charge is 0.439 e. The zero-order valence-corrected chi connectivity index (χ0v) is 13.7. The normalized spacial score (nSPS) is 10.8. The third-order valence-electron chi connectivity index (χ3n) is 3.81. The van der Waals surface area contributed by atoms with Crippen LogP contribution in [0.4, 0.5) is 16.0 Å². The van der Waals surface area contributed by atoms with Gasteiger partial charge in [-0.25, -0.2) is 14.4 Å². The molecular formula is C19H16FN5O.